The third kappa shape index (κ3) is 5.11. The molecule has 0 aliphatic rings. The first-order valence-corrected chi connectivity index (χ1v) is 10.9. The molecule has 28 heavy (non-hydrogen) atoms. The summed E-state index contributed by atoms with van der Waals surface area (Å²) >= 11 is 3.05. The second-order valence-corrected chi connectivity index (χ2v) is 8.29. The van der Waals surface area contributed by atoms with Crippen molar-refractivity contribution in [3.05, 3.63) is 58.9 Å². The Labute approximate surface area is 172 Å². The molecule has 0 spiro atoms. The van der Waals surface area contributed by atoms with Crippen LogP contribution in [-0.2, 0) is 20.9 Å². The van der Waals surface area contributed by atoms with Crippen molar-refractivity contribution in [1.82, 2.24) is 4.57 Å². The van der Waals surface area contributed by atoms with Crippen molar-refractivity contribution >= 4 is 45.2 Å². The van der Waals surface area contributed by atoms with Gasteiger partial charge in [0.25, 0.3) is 0 Å². The molecule has 2 aromatic carbocycles. The first kappa shape index (κ1) is 20.4. The van der Waals surface area contributed by atoms with Gasteiger partial charge in [-0.05, 0) is 37.6 Å². The monoisotopic (exact) mass is 414 g/mol. The van der Waals surface area contributed by atoms with Gasteiger partial charge in [0.15, 0.2) is 4.80 Å². The second-order valence-electron chi connectivity index (χ2n) is 6.11. The van der Waals surface area contributed by atoms with E-state index in [-0.39, 0.29) is 18.4 Å². The van der Waals surface area contributed by atoms with E-state index >= 15 is 0 Å². The van der Waals surface area contributed by atoms with Crippen molar-refractivity contribution in [3.63, 3.8) is 0 Å². The molecular weight excluding hydrogens is 392 g/mol. The van der Waals surface area contributed by atoms with Crippen LogP contribution < -0.4 is 4.80 Å². The Morgan fingerprint density at radius 3 is 2.68 bits per heavy atom. The standard InChI is InChI=1S/C21H22N2O3S2/c1-3-26-19(25)14-23-20-15(2)8-7-11-17(20)28-21(23)22-18(24)12-13-27-16-9-5-4-6-10-16/h4-11H,3,12-14H2,1-2H3. The van der Waals surface area contributed by atoms with Crippen LogP contribution >= 0.6 is 23.1 Å². The summed E-state index contributed by atoms with van der Waals surface area (Å²) in [7, 11) is 0. The Morgan fingerprint density at radius 2 is 1.93 bits per heavy atom. The normalized spacial score (nSPS) is 11.7. The van der Waals surface area contributed by atoms with Crippen molar-refractivity contribution in [1.29, 1.82) is 0 Å². The first-order chi connectivity index (χ1) is 13.6. The van der Waals surface area contributed by atoms with Crippen LogP contribution in [0.3, 0.4) is 0 Å². The minimum atomic E-state index is -0.334. The lowest BCUT2D eigenvalue weighted by Gasteiger charge is -2.06. The van der Waals surface area contributed by atoms with E-state index in [1.54, 1.807) is 23.3 Å². The highest BCUT2D eigenvalue weighted by Gasteiger charge is 2.13. The molecule has 0 saturated heterocycles. The number of hydrogen-bond acceptors (Lipinski definition) is 5. The molecule has 1 aromatic heterocycles. The molecule has 5 nitrogen and oxygen atoms in total. The number of esters is 1. The number of rotatable bonds is 7. The van der Waals surface area contributed by atoms with Crippen LogP contribution in [0, 0.1) is 6.92 Å². The fourth-order valence-electron chi connectivity index (χ4n) is 2.81. The Kier molecular flexibility index (Phi) is 7.06. The number of amides is 1. The van der Waals surface area contributed by atoms with Gasteiger partial charge in [-0.1, -0.05) is 41.7 Å². The summed E-state index contributed by atoms with van der Waals surface area (Å²) in [5.74, 6) is 0.137. The fourth-order valence-corrected chi connectivity index (χ4v) is 4.80. The van der Waals surface area contributed by atoms with Gasteiger partial charge in [-0.15, -0.1) is 11.8 Å². The van der Waals surface area contributed by atoms with Gasteiger partial charge in [0.1, 0.15) is 6.54 Å². The fraction of sp³-hybridized carbons (Fsp3) is 0.286. The minimum absolute atomic E-state index is 0.0452. The average Bonchev–Trinajstić information content (AvgIpc) is 3.01. The summed E-state index contributed by atoms with van der Waals surface area (Å²) < 4.78 is 7.87. The number of benzene rings is 2. The maximum absolute atomic E-state index is 12.4. The number of fused-ring (bicyclic) bond motifs is 1. The van der Waals surface area contributed by atoms with Crippen molar-refractivity contribution in [3.8, 4) is 0 Å². The maximum atomic E-state index is 12.4. The molecule has 0 aliphatic carbocycles. The summed E-state index contributed by atoms with van der Waals surface area (Å²) in [6, 6.07) is 15.9. The number of para-hydroxylation sites is 1. The van der Waals surface area contributed by atoms with Gasteiger partial charge in [-0.25, -0.2) is 0 Å². The zero-order chi connectivity index (χ0) is 19.9. The largest absolute Gasteiger partial charge is 0.465 e. The summed E-state index contributed by atoms with van der Waals surface area (Å²) in [4.78, 5) is 30.5. The highest BCUT2D eigenvalue weighted by Crippen LogP contribution is 2.21. The van der Waals surface area contributed by atoms with Gasteiger partial charge >= 0.3 is 5.97 Å². The molecule has 0 unspecified atom stereocenters. The average molecular weight is 415 g/mol. The Hall–Kier alpha value is -2.38. The lowest BCUT2D eigenvalue weighted by molar-refractivity contribution is -0.143. The topological polar surface area (TPSA) is 60.7 Å². The predicted octanol–water partition coefficient (Wildman–Crippen LogP) is 4.18. The van der Waals surface area contributed by atoms with Crippen LogP contribution in [0.5, 0.6) is 0 Å². The first-order valence-electron chi connectivity index (χ1n) is 9.08. The summed E-state index contributed by atoms with van der Waals surface area (Å²) in [5, 5.41) is 0. The van der Waals surface area contributed by atoms with E-state index in [4.69, 9.17) is 4.74 Å². The van der Waals surface area contributed by atoms with Crippen LogP contribution in [0.2, 0.25) is 0 Å². The molecule has 0 bridgehead atoms. The van der Waals surface area contributed by atoms with Crippen molar-refractivity contribution < 1.29 is 14.3 Å². The molecular formula is C21H22N2O3S2. The van der Waals surface area contributed by atoms with E-state index < -0.39 is 0 Å². The molecule has 3 aromatic rings. The molecule has 1 heterocycles. The van der Waals surface area contributed by atoms with E-state index in [9.17, 15) is 9.59 Å². The van der Waals surface area contributed by atoms with Crippen LogP contribution in [0.4, 0.5) is 0 Å². The number of ether oxygens (including phenoxy) is 1. The minimum Gasteiger partial charge on any atom is -0.465 e. The van der Waals surface area contributed by atoms with E-state index in [0.29, 0.717) is 23.6 Å². The lowest BCUT2D eigenvalue weighted by atomic mass is 10.2. The maximum Gasteiger partial charge on any atom is 0.326 e. The number of carbonyl (C=O) groups is 2. The number of thioether (sulfide) groups is 1. The number of carbonyl (C=O) groups excluding carboxylic acids is 2. The SMILES string of the molecule is CCOC(=O)Cn1c(=NC(=O)CCSc2ccccc2)sc2cccc(C)c21. The Bertz CT molecular complexity index is 1040. The summed E-state index contributed by atoms with van der Waals surface area (Å²) in [5.41, 5.74) is 1.96. The van der Waals surface area contributed by atoms with Crippen molar-refractivity contribution in [2.45, 2.75) is 31.7 Å². The molecule has 0 fully saturated rings. The molecule has 0 aliphatic heterocycles. The van der Waals surface area contributed by atoms with Crippen LogP contribution in [0.15, 0.2) is 58.4 Å². The molecule has 146 valence electrons. The summed E-state index contributed by atoms with van der Waals surface area (Å²) in [6.45, 7) is 4.13. The van der Waals surface area contributed by atoms with Gasteiger partial charge in [-0.3, -0.25) is 9.59 Å². The zero-order valence-corrected chi connectivity index (χ0v) is 17.5. The lowest BCUT2D eigenvalue weighted by Crippen LogP contribution is -2.23. The Balaban J connectivity index is 1.82. The van der Waals surface area contributed by atoms with E-state index in [1.165, 1.54) is 11.3 Å². The number of thiazole rings is 1. The molecule has 0 N–H and O–H groups in total. The number of hydrogen-bond donors (Lipinski definition) is 0. The van der Waals surface area contributed by atoms with Crippen LogP contribution in [0.1, 0.15) is 18.9 Å². The molecule has 0 atom stereocenters. The van der Waals surface area contributed by atoms with Gasteiger partial charge in [0.2, 0.25) is 5.91 Å². The van der Waals surface area contributed by atoms with Crippen molar-refractivity contribution in [2.75, 3.05) is 12.4 Å². The van der Waals surface area contributed by atoms with Crippen molar-refractivity contribution in [2.24, 2.45) is 4.99 Å². The van der Waals surface area contributed by atoms with Crippen LogP contribution in [0.25, 0.3) is 10.2 Å². The van der Waals surface area contributed by atoms with Gasteiger partial charge in [-0.2, -0.15) is 4.99 Å². The number of aryl methyl sites for hydroxylation is 1. The molecule has 3 rings (SSSR count). The quantitative estimate of drug-likeness (QED) is 0.430. The zero-order valence-electron chi connectivity index (χ0n) is 15.9. The predicted molar refractivity (Wildman–Crippen MR) is 114 cm³/mol. The number of aromatic nitrogens is 1. The smallest absolute Gasteiger partial charge is 0.326 e. The second kappa shape index (κ2) is 9.71. The summed E-state index contributed by atoms with van der Waals surface area (Å²) in [6.07, 6.45) is 0.339. The molecule has 0 radical (unpaired) electrons. The van der Waals surface area contributed by atoms with E-state index in [0.717, 1.165) is 20.7 Å². The van der Waals surface area contributed by atoms with Gasteiger partial charge in [0, 0.05) is 17.1 Å². The highest BCUT2D eigenvalue weighted by atomic mass is 32.2. The van der Waals surface area contributed by atoms with Gasteiger partial charge < -0.3 is 9.30 Å². The highest BCUT2D eigenvalue weighted by molar-refractivity contribution is 7.99. The molecule has 1 amide bonds. The third-order valence-corrected chi connectivity index (χ3v) is 6.10. The van der Waals surface area contributed by atoms with Gasteiger partial charge in [0.05, 0.1) is 16.8 Å². The molecule has 0 saturated carbocycles. The van der Waals surface area contributed by atoms with E-state index in [2.05, 4.69) is 4.99 Å². The van der Waals surface area contributed by atoms with E-state index in [1.807, 2.05) is 55.5 Å². The molecule has 7 heteroatoms. The third-order valence-electron chi connectivity index (χ3n) is 4.04. The Morgan fingerprint density at radius 1 is 1.14 bits per heavy atom. The number of nitrogens with zero attached hydrogens (tertiary/aromatic N) is 2. The van der Waals surface area contributed by atoms with Crippen LogP contribution in [-0.4, -0.2) is 28.8 Å².